The fraction of sp³-hybridized carbons (Fsp3) is 0.562. The summed E-state index contributed by atoms with van der Waals surface area (Å²) in [7, 11) is 3.55. The van der Waals surface area contributed by atoms with Gasteiger partial charge in [0.05, 0.1) is 13.0 Å². The first-order chi connectivity index (χ1) is 9.65. The molecule has 1 unspecified atom stereocenters. The second-order valence-electron chi connectivity index (χ2n) is 5.39. The SMILES string of the molecule is CN(C)C(=O)Cc1ccc(COC2CCCCO2)cc1. The van der Waals surface area contributed by atoms with E-state index in [1.807, 2.05) is 24.3 Å². The summed E-state index contributed by atoms with van der Waals surface area (Å²) >= 11 is 0. The first-order valence-electron chi connectivity index (χ1n) is 7.16. The molecule has 1 aliphatic heterocycles. The molecule has 0 saturated carbocycles. The summed E-state index contributed by atoms with van der Waals surface area (Å²) in [5.41, 5.74) is 2.14. The minimum atomic E-state index is -0.0567. The monoisotopic (exact) mass is 277 g/mol. The molecule has 110 valence electrons. The standard InChI is InChI=1S/C16H23NO3/c1-17(2)15(18)11-13-6-8-14(9-7-13)12-20-16-5-3-4-10-19-16/h6-9,16H,3-5,10-12H2,1-2H3. The van der Waals surface area contributed by atoms with Gasteiger partial charge in [-0.3, -0.25) is 4.79 Å². The Morgan fingerprint density at radius 2 is 1.95 bits per heavy atom. The van der Waals surface area contributed by atoms with Gasteiger partial charge in [-0.1, -0.05) is 24.3 Å². The zero-order chi connectivity index (χ0) is 14.4. The Hall–Kier alpha value is -1.39. The summed E-state index contributed by atoms with van der Waals surface area (Å²) in [6, 6.07) is 8.01. The Morgan fingerprint density at radius 1 is 1.25 bits per heavy atom. The van der Waals surface area contributed by atoms with Gasteiger partial charge < -0.3 is 14.4 Å². The number of nitrogens with zero attached hydrogens (tertiary/aromatic N) is 1. The van der Waals surface area contributed by atoms with Crippen LogP contribution in [0.3, 0.4) is 0 Å². The molecule has 1 heterocycles. The number of amides is 1. The lowest BCUT2D eigenvalue weighted by molar-refractivity contribution is -0.168. The van der Waals surface area contributed by atoms with Crippen LogP contribution >= 0.6 is 0 Å². The lowest BCUT2D eigenvalue weighted by Gasteiger charge is -2.22. The summed E-state index contributed by atoms with van der Waals surface area (Å²) in [5.74, 6) is 0.115. The van der Waals surface area contributed by atoms with Gasteiger partial charge >= 0.3 is 0 Å². The second-order valence-corrected chi connectivity index (χ2v) is 5.39. The smallest absolute Gasteiger partial charge is 0.226 e. The molecule has 0 spiro atoms. The van der Waals surface area contributed by atoms with E-state index in [-0.39, 0.29) is 12.2 Å². The number of hydrogen-bond acceptors (Lipinski definition) is 3. The maximum Gasteiger partial charge on any atom is 0.226 e. The number of benzene rings is 1. The first-order valence-corrected chi connectivity index (χ1v) is 7.16. The zero-order valence-electron chi connectivity index (χ0n) is 12.3. The summed E-state index contributed by atoms with van der Waals surface area (Å²) in [6.07, 6.45) is 3.68. The van der Waals surface area contributed by atoms with Crippen molar-refractivity contribution in [3.63, 3.8) is 0 Å². The molecule has 1 saturated heterocycles. The molecule has 4 heteroatoms. The predicted molar refractivity (Wildman–Crippen MR) is 77.2 cm³/mol. The predicted octanol–water partition coefficient (Wildman–Crippen LogP) is 2.36. The van der Waals surface area contributed by atoms with Gasteiger partial charge in [-0.15, -0.1) is 0 Å². The fourth-order valence-electron chi connectivity index (χ4n) is 2.12. The minimum Gasteiger partial charge on any atom is -0.353 e. The number of carbonyl (C=O) groups excluding carboxylic acids is 1. The second kappa shape index (κ2) is 7.41. The van der Waals surface area contributed by atoms with Crippen LogP contribution in [-0.2, 0) is 27.3 Å². The van der Waals surface area contributed by atoms with Crippen LogP contribution in [0, 0.1) is 0 Å². The van der Waals surface area contributed by atoms with Gasteiger partial charge in [-0.2, -0.15) is 0 Å². The van der Waals surface area contributed by atoms with E-state index in [0.29, 0.717) is 13.0 Å². The lowest BCUT2D eigenvalue weighted by Crippen LogP contribution is -2.23. The van der Waals surface area contributed by atoms with Gasteiger partial charge in [-0.25, -0.2) is 0 Å². The summed E-state index contributed by atoms with van der Waals surface area (Å²) in [6.45, 7) is 1.36. The highest BCUT2D eigenvalue weighted by Gasteiger charge is 2.13. The first kappa shape index (κ1) is 15.0. The molecule has 20 heavy (non-hydrogen) atoms. The molecule has 1 aromatic rings. The molecule has 1 aromatic carbocycles. The van der Waals surface area contributed by atoms with Crippen LogP contribution in [0.1, 0.15) is 30.4 Å². The third-order valence-corrected chi connectivity index (χ3v) is 3.45. The van der Waals surface area contributed by atoms with Crippen molar-refractivity contribution in [3.05, 3.63) is 35.4 Å². The van der Waals surface area contributed by atoms with E-state index < -0.39 is 0 Å². The highest BCUT2D eigenvalue weighted by Crippen LogP contribution is 2.16. The van der Waals surface area contributed by atoms with E-state index in [1.54, 1.807) is 19.0 Å². The van der Waals surface area contributed by atoms with Crippen molar-refractivity contribution < 1.29 is 14.3 Å². The lowest BCUT2D eigenvalue weighted by atomic mass is 10.1. The number of rotatable bonds is 5. The number of hydrogen-bond donors (Lipinski definition) is 0. The molecule has 1 atom stereocenters. The normalized spacial score (nSPS) is 18.8. The molecule has 2 rings (SSSR count). The van der Waals surface area contributed by atoms with E-state index in [4.69, 9.17) is 9.47 Å². The van der Waals surface area contributed by atoms with Crippen molar-refractivity contribution in [2.75, 3.05) is 20.7 Å². The molecular weight excluding hydrogens is 254 g/mol. The Balaban J connectivity index is 1.80. The van der Waals surface area contributed by atoms with Gasteiger partial charge in [0.15, 0.2) is 6.29 Å². The number of likely N-dealkylation sites (N-methyl/N-ethyl adjacent to an activating group) is 1. The Kier molecular flexibility index (Phi) is 5.56. The quantitative estimate of drug-likeness (QED) is 0.829. The van der Waals surface area contributed by atoms with Crippen LogP contribution in [0.25, 0.3) is 0 Å². The van der Waals surface area contributed by atoms with Gasteiger partial charge in [0.1, 0.15) is 0 Å². The Bertz CT molecular complexity index is 422. The van der Waals surface area contributed by atoms with E-state index in [2.05, 4.69) is 0 Å². The van der Waals surface area contributed by atoms with E-state index in [0.717, 1.165) is 30.6 Å². The van der Waals surface area contributed by atoms with Gasteiger partial charge in [0, 0.05) is 20.7 Å². The molecule has 0 aliphatic carbocycles. The minimum absolute atomic E-state index is 0.0567. The average Bonchev–Trinajstić information content (AvgIpc) is 2.47. The molecule has 4 nitrogen and oxygen atoms in total. The van der Waals surface area contributed by atoms with Crippen molar-refractivity contribution in [2.45, 2.75) is 38.6 Å². The highest BCUT2D eigenvalue weighted by atomic mass is 16.7. The van der Waals surface area contributed by atoms with E-state index in [9.17, 15) is 4.79 Å². The largest absolute Gasteiger partial charge is 0.353 e. The van der Waals surface area contributed by atoms with Crippen molar-refractivity contribution in [2.24, 2.45) is 0 Å². The molecular formula is C16H23NO3. The molecule has 1 amide bonds. The van der Waals surface area contributed by atoms with Crippen molar-refractivity contribution in [1.82, 2.24) is 4.90 Å². The van der Waals surface area contributed by atoms with Crippen LogP contribution in [0.2, 0.25) is 0 Å². The van der Waals surface area contributed by atoms with Crippen molar-refractivity contribution in [1.29, 1.82) is 0 Å². The summed E-state index contributed by atoms with van der Waals surface area (Å²) < 4.78 is 11.3. The van der Waals surface area contributed by atoms with Gasteiger partial charge in [0.25, 0.3) is 0 Å². The van der Waals surface area contributed by atoms with Crippen LogP contribution in [0.15, 0.2) is 24.3 Å². The molecule has 0 radical (unpaired) electrons. The van der Waals surface area contributed by atoms with Crippen LogP contribution in [0.5, 0.6) is 0 Å². The number of carbonyl (C=O) groups is 1. The summed E-state index contributed by atoms with van der Waals surface area (Å²) in [5, 5.41) is 0. The molecule has 0 bridgehead atoms. The molecule has 0 N–H and O–H groups in total. The van der Waals surface area contributed by atoms with Crippen molar-refractivity contribution in [3.8, 4) is 0 Å². The van der Waals surface area contributed by atoms with E-state index >= 15 is 0 Å². The van der Waals surface area contributed by atoms with Gasteiger partial charge in [-0.05, 0) is 30.4 Å². The molecule has 0 aromatic heterocycles. The third kappa shape index (κ3) is 4.62. The highest BCUT2D eigenvalue weighted by molar-refractivity contribution is 5.78. The summed E-state index contributed by atoms with van der Waals surface area (Å²) in [4.78, 5) is 13.2. The average molecular weight is 277 g/mol. The van der Waals surface area contributed by atoms with Crippen molar-refractivity contribution >= 4 is 5.91 Å². The van der Waals surface area contributed by atoms with Gasteiger partial charge in [0.2, 0.25) is 5.91 Å². The van der Waals surface area contributed by atoms with Crippen LogP contribution in [-0.4, -0.2) is 37.8 Å². The fourth-order valence-corrected chi connectivity index (χ4v) is 2.12. The van der Waals surface area contributed by atoms with E-state index in [1.165, 1.54) is 6.42 Å². The zero-order valence-corrected chi connectivity index (χ0v) is 12.3. The van der Waals surface area contributed by atoms with Crippen LogP contribution in [0.4, 0.5) is 0 Å². The molecule has 1 aliphatic rings. The Labute approximate surface area is 120 Å². The maximum absolute atomic E-state index is 11.6. The maximum atomic E-state index is 11.6. The third-order valence-electron chi connectivity index (χ3n) is 3.45. The number of ether oxygens (including phenoxy) is 2. The Morgan fingerprint density at radius 3 is 2.55 bits per heavy atom. The molecule has 1 fully saturated rings. The van der Waals surface area contributed by atoms with Crippen LogP contribution < -0.4 is 0 Å². The topological polar surface area (TPSA) is 38.8 Å².